The molecule has 0 aliphatic rings. The van der Waals surface area contributed by atoms with E-state index in [2.05, 4.69) is 9.47 Å². The molecule has 0 saturated heterocycles. The molecule has 0 N–H and O–H groups in total. The summed E-state index contributed by atoms with van der Waals surface area (Å²) in [4.78, 5) is 9.24. The molecule has 0 heterocycles. The summed E-state index contributed by atoms with van der Waals surface area (Å²) < 4.78 is 83.0. The number of benzene rings is 1. The number of hydrogen-bond donors (Lipinski definition) is 0. The second-order valence-electron chi connectivity index (χ2n) is 3.52. The van der Waals surface area contributed by atoms with E-state index < -0.39 is 46.8 Å². The van der Waals surface area contributed by atoms with Gasteiger partial charge in [-0.1, -0.05) is 0 Å². The summed E-state index contributed by atoms with van der Waals surface area (Å²) in [6, 6.07) is 0.665. The third-order valence-electron chi connectivity index (χ3n) is 2.09. The fourth-order valence-corrected chi connectivity index (χ4v) is 1.47. The van der Waals surface area contributed by atoms with Crippen LogP contribution >= 0.6 is 0 Å². The molecule has 11 heteroatoms. The highest BCUT2D eigenvalue weighted by molar-refractivity contribution is 5.58. The Bertz CT molecular complexity index is 540. The topological polar surface area (TPSA) is 61.6 Å². The van der Waals surface area contributed by atoms with E-state index in [9.17, 15) is 36.5 Å². The van der Waals surface area contributed by atoms with Crippen LogP contribution in [0.2, 0.25) is 0 Å². The molecule has 1 aromatic rings. The summed E-state index contributed by atoms with van der Waals surface area (Å²) in [5.41, 5.74) is -3.36. The minimum atomic E-state index is -5.29. The van der Waals surface area contributed by atoms with E-state index in [0.29, 0.717) is 6.07 Å². The van der Waals surface area contributed by atoms with Crippen molar-refractivity contribution in [3.05, 3.63) is 27.8 Å². The van der Waals surface area contributed by atoms with Crippen LogP contribution in [0, 0.1) is 10.1 Å². The van der Waals surface area contributed by atoms with Gasteiger partial charge in [-0.2, -0.15) is 13.2 Å². The number of nitro groups is 1. The fourth-order valence-electron chi connectivity index (χ4n) is 1.47. The number of nitrogens with zero attached hydrogens (tertiary/aromatic N) is 1. The standard InChI is InChI=1S/C10H7F6NO4/c1-2-20-8-6(21-10(14,15)16)4-3-5(17(18)19)7(8)9(11,12)13/h3-4H,2H2,1H3. The molecule has 0 bridgehead atoms. The number of ether oxygens (including phenoxy) is 2. The first kappa shape index (κ1) is 16.9. The Morgan fingerprint density at radius 1 is 1.19 bits per heavy atom. The van der Waals surface area contributed by atoms with Gasteiger partial charge in [0.25, 0.3) is 5.69 Å². The van der Waals surface area contributed by atoms with Crippen molar-refractivity contribution in [1.29, 1.82) is 0 Å². The molecular formula is C10H7F6NO4. The van der Waals surface area contributed by atoms with Crippen LogP contribution in [0.4, 0.5) is 32.0 Å². The first-order valence-electron chi connectivity index (χ1n) is 5.24. The molecule has 5 nitrogen and oxygen atoms in total. The number of hydrogen-bond acceptors (Lipinski definition) is 4. The van der Waals surface area contributed by atoms with Crippen molar-refractivity contribution in [2.45, 2.75) is 19.5 Å². The number of rotatable bonds is 4. The van der Waals surface area contributed by atoms with Crippen LogP contribution in [0.15, 0.2) is 12.1 Å². The second kappa shape index (κ2) is 5.66. The quantitative estimate of drug-likeness (QED) is 0.479. The smallest absolute Gasteiger partial charge is 0.489 e. The lowest BCUT2D eigenvalue weighted by Gasteiger charge is -2.18. The Kier molecular flexibility index (Phi) is 4.54. The molecule has 0 saturated carbocycles. The molecule has 1 rings (SSSR count). The molecule has 0 fully saturated rings. The van der Waals surface area contributed by atoms with Crippen LogP contribution < -0.4 is 9.47 Å². The number of nitro benzene ring substituents is 1. The molecule has 0 amide bonds. The predicted octanol–water partition coefficient (Wildman–Crippen LogP) is 3.91. The third kappa shape index (κ3) is 4.13. The van der Waals surface area contributed by atoms with Crippen molar-refractivity contribution in [2.24, 2.45) is 0 Å². The van der Waals surface area contributed by atoms with Gasteiger partial charge in [0, 0.05) is 6.07 Å². The van der Waals surface area contributed by atoms with Crippen LogP contribution in [0.1, 0.15) is 12.5 Å². The molecule has 0 aromatic heterocycles. The number of halogens is 6. The summed E-state index contributed by atoms with van der Waals surface area (Å²) in [7, 11) is 0. The summed E-state index contributed by atoms with van der Waals surface area (Å²) in [5.74, 6) is -2.68. The van der Waals surface area contributed by atoms with Gasteiger partial charge < -0.3 is 9.47 Å². The predicted molar refractivity (Wildman–Crippen MR) is 56.0 cm³/mol. The molecule has 21 heavy (non-hydrogen) atoms. The Hall–Kier alpha value is -2.20. The minimum Gasteiger partial charge on any atom is -0.489 e. The molecule has 1 aromatic carbocycles. The van der Waals surface area contributed by atoms with Gasteiger partial charge in [-0.05, 0) is 13.0 Å². The van der Waals surface area contributed by atoms with Crippen molar-refractivity contribution in [1.82, 2.24) is 0 Å². The minimum absolute atomic E-state index is 0.270. The van der Waals surface area contributed by atoms with E-state index in [4.69, 9.17) is 0 Å². The molecule has 0 radical (unpaired) electrons. The molecule has 0 unspecified atom stereocenters. The SMILES string of the molecule is CCOc1c(OC(F)(F)F)ccc([N+](=O)[O-])c1C(F)(F)F. The zero-order valence-corrected chi connectivity index (χ0v) is 10.2. The van der Waals surface area contributed by atoms with Crippen molar-refractivity contribution >= 4 is 5.69 Å². The van der Waals surface area contributed by atoms with E-state index in [0.717, 1.165) is 0 Å². The second-order valence-corrected chi connectivity index (χ2v) is 3.52. The van der Waals surface area contributed by atoms with Gasteiger partial charge in [-0.15, -0.1) is 13.2 Å². The van der Waals surface area contributed by atoms with E-state index in [1.807, 2.05) is 0 Å². The zero-order valence-electron chi connectivity index (χ0n) is 10.2. The summed E-state index contributed by atoms with van der Waals surface area (Å²) in [6.07, 6.45) is -10.6. The number of alkyl halides is 6. The highest BCUT2D eigenvalue weighted by atomic mass is 19.4. The Balaban J connectivity index is 3.59. The maximum atomic E-state index is 12.9. The average Bonchev–Trinajstić information content (AvgIpc) is 2.27. The van der Waals surface area contributed by atoms with Gasteiger partial charge in [-0.25, -0.2) is 0 Å². The van der Waals surface area contributed by atoms with Crippen molar-refractivity contribution in [3.63, 3.8) is 0 Å². The van der Waals surface area contributed by atoms with Gasteiger partial charge >= 0.3 is 12.5 Å². The molecule has 0 spiro atoms. The summed E-state index contributed by atoms with van der Waals surface area (Å²) >= 11 is 0. The van der Waals surface area contributed by atoms with Gasteiger partial charge in [0.2, 0.25) is 0 Å². The van der Waals surface area contributed by atoms with Crippen LogP contribution in [0.5, 0.6) is 11.5 Å². The Labute approximate surface area is 113 Å². The lowest BCUT2D eigenvalue weighted by molar-refractivity contribution is -0.388. The van der Waals surface area contributed by atoms with Crippen molar-refractivity contribution < 1.29 is 40.7 Å². The van der Waals surface area contributed by atoms with E-state index in [-0.39, 0.29) is 6.07 Å². The lowest BCUT2D eigenvalue weighted by atomic mass is 10.1. The summed E-state index contributed by atoms with van der Waals surface area (Å²) in [6.45, 7) is 0.759. The van der Waals surface area contributed by atoms with Gasteiger partial charge in [0.15, 0.2) is 17.1 Å². The fraction of sp³-hybridized carbons (Fsp3) is 0.400. The molecule has 0 atom stereocenters. The monoisotopic (exact) mass is 319 g/mol. The maximum Gasteiger partial charge on any atom is 0.573 e. The van der Waals surface area contributed by atoms with Crippen molar-refractivity contribution in [2.75, 3.05) is 6.61 Å². The highest BCUT2D eigenvalue weighted by Crippen LogP contribution is 2.47. The molecule has 0 aliphatic carbocycles. The van der Waals surface area contributed by atoms with E-state index in [1.54, 1.807) is 0 Å². The van der Waals surface area contributed by atoms with Crippen LogP contribution in [-0.2, 0) is 6.18 Å². The summed E-state index contributed by atoms with van der Waals surface area (Å²) in [5, 5.41) is 10.6. The Morgan fingerprint density at radius 2 is 1.76 bits per heavy atom. The highest BCUT2D eigenvalue weighted by Gasteiger charge is 2.45. The van der Waals surface area contributed by atoms with Crippen LogP contribution in [0.3, 0.4) is 0 Å². The van der Waals surface area contributed by atoms with E-state index >= 15 is 0 Å². The maximum absolute atomic E-state index is 12.9. The van der Waals surface area contributed by atoms with Gasteiger partial charge in [-0.3, -0.25) is 10.1 Å². The zero-order chi connectivity index (χ0) is 16.4. The average molecular weight is 319 g/mol. The van der Waals surface area contributed by atoms with Gasteiger partial charge in [0.1, 0.15) is 0 Å². The Morgan fingerprint density at radius 3 is 2.14 bits per heavy atom. The van der Waals surface area contributed by atoms with Crippen LogP contribution in [0.25, 0.3) is 0 Å². The first-order chi connectivity index (χ1) is 9.47. The molecule has 118 valence electrons. The molecule has 0 aliphatic heterocycles. The van der Waals surface area contributed by atoms with Gasteiger partial charge in [0.05, 0.1) is 11.5 Å². The largest absolute Gasteiger partial charge is 0.573 e. The lowest BCUT2D eigenvalue weighted by Crippen LogP contribution is -2.20. The van der Waals surface area contributed by atoms with Crippen LogP contribution in [-0.4, -0.2) is 17.9 Å². The normalized spacial score (nSPS) is 12.1. The van der Waals surface area contributed by atoms with E-state index in [1.165, 1.54) is 6.92 Å². The molecular weight excluding hydrogens is 312 g/mol. The first-order valence-corrected chi connectivity index (χ1v) is 5.24. The van der Waals surface area contributed by atoms with Crippen molar-refractivity contribution in [3.8, 4) is 11.5 Å². The third-order valence-corrected chi connectivity index (χ3v) is 2.09.